The van der Waals surface area contributed by atoms with E-state index in [0.717, 1.165) is 10.4 Å². The zero-order valence-electron chi connectivity index (χ0n) is 12.2. The first-order valence-electron chi connectivity index (χ1n) is 6.83. The summed E-state index contributed by atoms with van der Waals surface area (Å²) in [6, 6.07) is 12.6. The molecule has 2 rings (SSSR count). The maximum Gasteiger partial charge on any atom is 0.306 e. The van der Waals surface area contributed by atoms with Crippen LogP contribution in [0.4, 0.5) is 0 Å². The normalized spacial score (nSPS) is 10.0. The van der Waals surface area contributed by atoms with Gasteiger partial charge < -0.3 is 4.74 Å². The molecule has 0 bridgehead atoms. The minimum Gasteiger partial charge on any atom is -0.461 e. The topological polar surface area (TPSA) is 67.2 Å². The van der Waals surface area contributed by atoms with Crippen molar-refractivity contribution in [1.82, 2.24) is 0 Å². The molecule has 0 aliphatic heterocycles. The first-order valence-corrected chi connectivity index (χ1v) is 7.64. The van der Waals surface area contributed by atoms with E-state index in [0.29, 0.717) is 10.4 Å². The summed E-state index contributed by atoms with van der Waals surface area (Å²) >= 11 is 1.43. The molecule has 0 N–H and O–H groups in total. The molecule has 0 spiro atoms. The quantitative estimate of drug-likeness (QED) is 0.603. The van der Waals surface area contributed by atoms with Gasteiger partial charge >= 0.3 is 5.97 Å². The Morgan fingerprint density at radius 2 is 2.05 bits per heavy atom. The predicted octanol–water partition coefficient (Wildman–Crippen LogP) is 3.63. The summed E-state index contributed by atoms with van der Waals surface area (Å²) < 4.78 is 5.12. The number of hydrogen-bond donors (Lipinski definition) is 0. The number of rotatable bonds is 6. The van der Waals surface area contributed by atoms with Crippen LogP contribution in [0.15, 0.2) is 36.4 Å². The van der Waals surface area contributed by atoms with Crippen LogP contribution >= 0.6 is 11.3 Å². The second-order valence-electron chi connectivity index (χ2n) is 4.81. The van der Waals surface area contributed by atoms with E-state index < -0.39 is 5.97 Å². The number of Topliss-reactive ketones (excluding diaryl/α,β-unsaturated/α-hetero) is 1. The molecule has 0 amide bonds. The number of nitrogens with zero attached hydrogens (tertiary/aromatic N) is 1. The lowest BCUT2D eigenvalue weighted by atomic mass is 10.1. The standard InChI is InChI=1S/C17H15NO3S/c1-12-5-7-16(22-12)15(19)6-8-17(20)21-11-14-4-2-3-13(9-14)10-18/h2-5,7,9H,6,8,11H2,1H3. The van der Waals surface area contributed by atoms with Gasteiger partial charge in [-0.25, -0.2) is 0 Å². The summed E-state index contributed by atoms with van der Waals surface area (Å²) in [5.41, 5.74) is 1.28. The highest BCUT2D eigenvalue weighted by molar-refractivity contribution is 7.14. The fraction of sp³-hybridized carbons (Fsp3) is 0.235. The van der Waals surface area contributed by atoms with Gasteiger partial charge in [-0.1, -0.05) is 12.1 Å². The molecule has 5 heteroatoms. The average Bonchev–Trinajstić information content (AvgIpc) is 2.97. The molecule has 4 nitrogen and oxygen atoms in total. The second-order valence-corrected chi connectivity index (χ2v) is 6.09. The van der Waals surface area contributed by atoms with Crippen LogP contribution in [-0.2, 0) is 16.1 Å². The van der Waals surface area contributed by atoms with Gasteiger partial charge in [-0.05, 0) is 36.8 Å². The molecule has 0 atom stereocenters. The van der Waals surface area contributed by atoms with Crippen LogP contribution in [0.25, 0.3) is 0 Å². The number of hydrogen-bond acceptors (Lipinski definition) is 5. The van der Waals surface area contributed by atoms with E-state index in [1.165, 1.54) is 11.3 Å². The highest BCUT2D eigenvalue weighted by Gasteiger charge is 2.12. The molecule has 0 fully saturated rings. The Morgan fingerprint density at radius 3 is 2.73 bits per heavy atom. The van der Waals surface area contributed by atoms with E-state index in [1.807, 2.05) is 19.1 Å². The third kappa shape index (κ3) is 4.54. The van der Waals surface area contributed by atoms with E-state index in [1.54, 1.807) is 30.3 Å². The third-order valence-corrected chi connectivity index (χ3v) is 4.07. The van der Waals surface area contributed by atoms with E-state index in [4.69, 9.17) is 10.00 Å². The molecular weight excluding hydrogens is 298 g/mol. The summed E-state index contributed by atoms with van der Waals surface area (Å²) in [5.74, 6) is -0.453. The number of carbonyl (C=O) groups is 2. The number of nitriles is 1. The Hall–Kier alpha value is -2.45. The molecule has 1 aromatic heterocycles. The number of esters is 1. The van der Waals surface area contributed by atoms with Gasteiger partial charge in [0.2, 0.25) is 0 Å². The van der Waals surface area contributed by atoms with Crippen LogP contribution in [0.1, 0.15) is 38.5 Å². The van der Waals surface area contributed by atoms with Crippen molar-refractivity contribution < 1.29 is 14.3 Å². The van der Waals surface area contributed by atoms with Crippen LogP contribution in [0, 0.1) is 18.3 Å². The maximum atomic E-state index is 11.9. The molecule has 1 heterocycles. The molecule has 1 aromatic carbocycles. The van der Waals surface area contributed by atoms with Crippen molar-refractivity contribution >= 4 is 23.1 Å². The highest BCUT2D eigenvalue weighted by Crippen LogP contribution is 2.17. The van der Waals surface area contributed by atoms with Gasteiger partial charge in [0.05, 0.1) is 22.9 Å². The van der Waals surface area contributed by atoms with Crippen molar-refractivity contribution in [3.05, 3.63) is 57.3 Å². The largest absolute Gasteiger partial charge is 0.461 e. The van der Waals surface area contributed by atoms with Gasteiger partial charge in [-0.3, -0.25) is 9.59 Å². The summed E-state index contributed by atoms with van der Waals surface area (Å²) in [5, 5.41) is 8.80. The van der Waals surface area contributed by atoms with Gasteiger partial charge in [0.1, 0.15) is 6.61 Å². The molecule has 0 aliphatic rings. The first-order chi connectivity index (χ1) is 10.6. The van der Waals surface area contributed by atoms with Crippen LogP contribution in [0.3, 0.4) is 0 Å². The van der Waals surface area contributed by atoms with E-state index >= 15 is 0 Å². The molecule has 0 radical (unpaired) electrons. The fourth-order valence-corrected chi connectivity index (χ4v) is 2.72. The lowest BCUT2D eigenvalue weighted by Crippen LogP contribution is -2.07. The summed E-state index contributed by atoms with van der Waals surface area (Å²) in [7, 11) is 0. The first kappa shape index (κ1) is 15.9. The Kier molecular flexibility index (Phi) is 5.45. The van der Waals surface area contributed by atoms with E-state index in [2.05, 4.69) is 0 Å². The van der Waals surface area contributed by atoms with Crippen molar-refractivity contribution in [3.63, 3.8) is 0 Å². The number of ketones is 1. The lowest BCUT2D eigenvalue weighted by Gasteiger charge is -2.04. The molecule has 0 saturated heterocycles. The van der Waals surface area contributed by atoms with Crippen LogP contribution in [0.5, 0.6) is 0 Å². The minimum absolute atomic E-state index is 0.0403. The predicted molar refractivity (Wildman–Crippen MR) is 83.6 cm³/mol. The van der Waals surface area contributed by atoms with Crippen molar-refractivity contribution in [3.8, 4) is 6.07 Å². The molecule has 22 heavy (non-hydrogen) atoms. The molecule has 0 saturated carbocycles. The van der Waals surface area contributed by atoms with Crippen LogP contribution in [0.2, 0.25) is 0 Å². The summed E-state index contributed by atoms with van der Waals surface area (Å²) in [6.07, 6.45) is 0.213. The summed E-state index contributed by atoms with van der Waals surface area (Å²) in [4.78, 5) is 25.3. The second kappa shape index (κ2) is 7.53. The van der Waals surface area contributed by atoms with Crippen molar-refractivity contribution in [1.29, 1.82) is 5.26 Å². The van der Waals surface area contributed by atoms with Gasteiger partial charge in [0.25, 0.3) is 0 Å². The number of thiophene rings is 1. The Balaban J connectivity index is 1.78. The SMILES string of the molecule is Cc1ccc(C(=O)CCC(=O)OCc2cccc(C#N)c2)s1. The van der Waals surface area contributed by atoms with Crippen LogP contribution in [-0.4, -0.2) is 11.8 Å². The Morgan fingerprint density at radius 1 is 1.23 bits per heavy atom. The molecular formula is C17H15NO3S. The van der Waals surface area contributed by atoms with Crippen molar-refractivity contribution in [2.45, 2.75) is 26.4 Å². The van der Waals surface area contributed by atoms with E-state index in [-0.39, 0.29) is 25.2 Å². The molecule has 0 unspecified atom stereocenters. The highest BCUT2D eigenvalue weighted by atomic mass is 32.1. The zero-order chi connectivity index (χ0) is 15.9. The Labute approximate surface area is 133 Å². The zero-order valence-corrected chi connectivity index (χ0v) is 13.0. The minimum atomic E-state index is -0.413. The van der Waals surface area contributed by atoms with Gasteiger partial charge in [0.15, 0.2) is 5.78 Å². The van der Waals surface area contributed by atoms with Gasteiger partial charge in [0, 0.05) is 11.3 Å². The van der Waals surface area contributed by atoms with Gasteiger partial charge in [-0.2, -0.15) is 5.26 Å². The molecule has 2 aromatic rings. The average molecular weight is 313 g/mol. The number of ether oxygens (including phenoxy) is 1. The smallest absolute Gasteiger partial charge is 0.306 e. The number of benzene rings is 1. The monoisotopic (exact) mass is 313 g/mol. The van der Waals surface area contributed by atoms with Crippen LogP contribution < -0.4 is 0 Å². The summed E-state index contributed by atoms with van der Waals surface area (Å²) in [6.45, 7) is 2.05. The van der Waals surface area contributed by atoms with Crippen molar-refractivity contribution in [2.24, 2.45) is 0 Å². The van der Waals surface area contributed by atoms with Gasteiger partial charge in [-0.15, -0.1) is 11.3 Å². The third-order valence-electron chi connectivity index (χ3n) is 3.03. The van der Waals surface area contributed by atoms with E-state index in [9.17, 15) is 9.59 Å². The maximum absolute atomic E-state index is 11.9. The van der Waals surface area contributed by atoms with Crippen molar-refractivity contribution in [2.75, 3.05) is 0 Å². The lowest BCUT2D eigenvalue weighted by molar-refractivity contribution is -0.144. The Bertz CT molecular complexity index is 728. The number of carbonyl (C=O) groups excluding carboxylic acids is 2. The fourth-order valence-electron chi connectivity index (χ4n) is 1.89. The molecule has 112 valence electrons. The number of aryl methyl sites for hydroxylation is 1. The molecule has 0 aliphatic carbocycles.